The van der Waals surface area contributed by atoms with Crippen LogP contribution in [0.15, 0.2) is 41.2 Å². The van der Waals surface area contributed by atoms with Crippen molar-refractivity contribution in [2.45, 2.75) is 6.92 Å². The highest BCUT2D eigenvalue weighted by Gasteiger charge is 2.09. The van der Waals surface area contributed by atoms with Crippen LogP contribution >= 0.6 is 0 Å². The molecule has 0 saturated carbocycles. The molecule has 0 radical (unpaired) electrons. The summed E-state index contributed by atoms with van der Waals surface area (Å²) in [5.74, 6) is -0.333. The number of para-hydroxylation sites is 1. The Hall–Kier alpha value is -2.43. The number of nitrogens with zero attached hydrogens (tertiary/aromatic N) is 2. The van der Waals surface area contributed by atoms with Gasteiger partial charge in [0.15, 0.2) is 0 Å². The van der Waals surface area contributed by atoms with Gasteiger partial charge >= 0.3 is 0 Å². The molecule has 0 aliphatic rings. The van der Waals surface area contributed by atoms with Gasteiger partial charge in [-0.3, -0.25) is 9.59 Å². The fourth-order valence-corrected chi connectivity index (χ4v) is 1.52. The third kappa shape index (κ3) is 2.45. The molecule has 1 amide bonds. The van der Waals surface area contributed by atoms with Crippen molar-refractivity contribution in [2.24, 2.45) is 7.05 Å². The van der Waals surface area contributed by atoms with E-state index in [1.54, 1.807) is 0 Å². The standard InChI is InChI=1S/C13H13N3O2/c1-9-5-3-4-6-10(9)14-13(18)11-7-8-12(17)16(2)15-11/h3-8H,1-2H3,(H,14,18). The molecule has 0 unspecified atom stereocenters. The molecule has 1 aromatic carbocycles. The van der Waals surface area contributed by atoms with Gasteiger partial charge in [0.2, 0.25) is 0 Å². The minimum absolute atomic E-state index is 0.209. The predicted molar refractivity (Wildman–Crippen MR) is 68.6 cm³/mol. The predicted octanol–water partition coefficient (Wildman–Crippen LogP) is 1.34. The van der Waals surface area contributed by atoms with Crippen LogP contribution in [0.2, 0.25) is 0 Å². The summed E-state index contributed by atoms with van der Waals surface area (Å²) < 4.78 is 1.13. The van der Waals surface area contributed by atoms with Crippen molar-refractivity contribution in [2.75, 3.05) is 5.32 Å². The molecule has 0 aliphatic carbocycles. The molecule has 0 aliphatic heterocycles. The van der Waals surface area contributed by atoms with Crippen LogP contribution in [0.5, 0.6) is 0 Å². The molecular weight excluding hydrogens is 230 g/mol. The first-order chi connectivity index (χ1) is 8.58. The summed E-state index contributed by atoms with van der Waals surface area (Å²) in [4.78, 5) is 23.1. The highest BCUT2D eigenvalue weighted by Crippen LogP contribution is 2.13. The zero-order chi connectivity index (χ0) is 13.1. The van der Waals surface area contributed by atoms with Gasteiger partial charge in [0, 0.05) is 18.8 Å². The van der Waals surface area contributed by atoms with Crippen molar-refractivity contribution in [3.8, 4) is 0 Å². The van der Waals surface area contributed by atoms with Crippen LogP contribution in [-0.4, -0.2) is 15.7 Å². The third-order valence-corrected chi connectivity index (χ3v) is 2.59. The van der Waals surface area contributed by atoms with Crippen molar-refractivity contribution in [3.05, 3.63) is 58.0 Å². The quantitative estimate of drug-likeness (QED) is 0.865. The number of nitrogens with one attached hydrogen (secondary N) is 1. The number of amides is 1. The van der Waals surface area contributed by atoms with Crippen molar-refractivity contribution in [1.29, 1.82) is 0 Å². The van der Waals surface area contributed by atoms with Gasteiger partial charge in [-0.25, -0.2) is 4.68 Å². The molecule has 0 fully saturated rings. The van der Waals surface area contributed by atoms with Crippen LogP contribution in [0.3, 0.4) is 0 Å². The number of hydrogen-bond donors (Lipinski definition) is 1. The smallest absolute Gasteiger partial charge is 0.276 e. The number of carbonyl (C=O) groups is 1. The monoisotopic (exact) mass is 243 g/mol. The van der Waals surface area contributed by atoms with Crippen molar-refractivity contribution in [3.63, 3.8) is 0 Å². The van der Waals surface area contributed by atoms with Gasteiger partial charge in [-0.2, -0.15) is 5.10 Å². The summed E-state index contributed by atoms with van der Waals surface area (Å²) in [5, 5.41) is 6.65. The first kappa shape index (κ1) is 12.0. The lowest BCUT2D eigenvalue weighted by molar-refractivity contribution is 0.102. The minimum atomic E-state index is -0.333. The Morgan fingerprint density at radius 2 is 1.94 bits per heavy atom. The molecule has 1 N–H and O–H groups in total. The molecule has 2 rings (SSSR count). The van der Waals surface area contributed by atoms with Gasteiger partial charge in [-0.1, -0.05) is 18.2 Å². The van der Waals surface area contributed by atoms with E-state index >= 15 is 0 Å². The van der Waals surface area contributed by atoms with Crippen LogP contribution in [0.25, 0.3) is 0 Å². The molecule has 0 atom stereocenters. The Balaban J connectivity index is 2.25. The molecule has 5 heteroatoms. The fourth-order valence-electron chi connectivity index (χ4n) is 1.52. The van der Waals surface area contributed by atoms with Gasteiger partial charge in [-0.15, -0.1) is 0 Å². The molecule has 5 nitrogen and oxygen atoms in total. The number of aryl methyl sites for hydroxylation is 2. The summed E-state index contributed by atoms with van der Waals surface area (Å²) in [5.41, 5.74) is 1.66. The summed E-state index contributed by atoms with van der Waals surface area (Å²) in [6, 6.07) is 10.2. The summed E-state index contributed by atoms with van der Waals surface area (Å²) in [6.45, 7) is 1.91. The van der Waals surface area contributed by atoms with Crippen LogP contribution in [0.1, 0.15) is 16.1 Å². The van der Waals surface area contributed by atoms with Gasteiger partial charge in [-0.05, 0) is 24.6 Å². The highest BCUT2D eigenvalue weighted by atomic mass is 16.2. The van der Waals surface area contributed by atoms with Crippen molar-refractivity contribution in [1.82, 2.24) is 9.78 Å². The zero-order valence-corrected chi connectivity index (χ0v) is 10.2. The van der Waals surface area contributed by atoms with Crippen LogP contribution in [-0.2, 0) is 7.05 Å². The molecule has 0 spiro atoms. The Labute approximate surface area is 104 Å². The lowest BCUT2D eigenvalue weighted by Crippen LogP contribution is -2.23. The Morgan fingerprint density at radius 1 is 1.22 bits per heavy atom. The zero-order valence-electron chi connectivity index (χ0n) is 10.2. The molecule has 1 heterocycles. The number of hydrogen-bond acceptors (Lipinski definition) is 3. The summed E-state index contributed by atoms with van der Waals surface area (Å²) in [7, 11) is 1.51. The summed E-state index contributed by atoms with van der Waals surface area (Å²) >= 11 is 0. The van der Waals surface area contributed by atoms with E-state index in [1.807, 2.05) is 31.2 Å². The summed E-state index contributed by atoms with van der Waals surface area (Å²) in [6.07, 6.45) is 0. The second-order valence-electron chi connectivity index (χ2n) is 3.95. The maximum absolute atomic E-state index is 11.9. The topological polar surface area (TPSA) is 64.0 Å². The number of aromatic nitrogens is 2. The first-order valence-corrected chi connectivity index (χ1v) is 5.49. The maximum atomic E-state index is 11.9. The molecule has 0 saturated heterocycles. The largest absolute Gasteiger partial charge is 0.320 e. The number of benzene rings is 1. The first-order valence-electron chi connectivity index (χ1n) is 5.49. The molecule has 2 aromatic rings. The third-order valence-electron chi connectivity index (χ3n) is 2.59. The van der Waals surface area contributed by atoms with E-state index in [0.717, 1.165) is 15.9 Å². The van der Waals surface area contributed by atoms with Crippen molar-refractivity contribution >= 4 is 11.6 Å². The second-order valence-corrected chi connectivity index (χ2v) is 3.95. The van der Waals surface area contributed by atoms with Crippen molar-refractivity contribution < 1.29 is 4.79 Å². The lowest BCUT2D eigenvalue weighted by Gasteiger charge is -2.07. The van der Waals surface area contributed by atoms with E-state index in [1.165, 1.54) is 19.2 Å². The molecule has 18 heavy (non-hydrogen) atoms. The normalized spacial score (nSPS) is 10.1. The molecular formula is C13H13N3O2. The van der Waals surface area contributed by atoms with Gasteiger partial charge in [0.1, 0.15) is 5.69 Å². The Kier molecular flexibility index (Phi) is 3.23. The number of carbonyl (C=O) groups excluding carboxylic acids is 1. The molecule has 0 bridgehead atoms. The van der Waals surface area contributed by atoms with E-state index < -0.39 is 0 Å². The minimum Gasteiger partial charge on any atom is -0.320 e. The van der Waals surface area contributed by atoms with Crippen LogP contribution in [0.4, 0.5) is 5.69 Å². The number of anilines is 1. The Morgan fingerprint density at radius 3 is 2.61 bits per heavy atom. The average Bonchev–Trinajstić information content (AvgIpc) is 2.35. The van der Waals surface area contributed by atoms with E-state index in [2.05, 4.69) is 10.4 Å². The fraction of sp³-hybridized carbons (Fsp3) is 0.154. The molecule has 92 valence electrons. The van der Waals surface area contributed by atoms with Gasteiger partial charge in [0.05, 0.1) is 0 Å². The van der Waals surface area contributed by atoms with Crippen LogP contribution in [0, 0.1) is 6.92 Å². The lowest BCUT2D eigenvalue weighted by atomic mass is 10.2. The second kappa shape index (κ2) is 4.83. The van der Waals surface area contributed by atoms with E-state index in [-0.39, 0.29) is 17.2 Å². The average molecular weight is 243 g/mol. The number of rotatable bonds is 2. The van der Waals surface area contributed by atoms with Crippen LogP contribution < -0.4 is 10.9 Å². The van der Waals surface area contributed by atoms with E-state index in [0.29, 0.717) is 0 Å². The Bertz CT molecular complexity index is 647. The van der Waals surface area contributed by atoms with Gasteiger partial charge in [0.25, 0.3) is 11.5 Å². The van der Waals surface area contributed by atoms with E-state index in [4.69, 9.17) is 0 Å². The highest BCUT2D eigenvalue weighted by molar-refractivity contribution is 6.03. The van der Waals surface area contributed by atoms with E-state index in [9.17, 15) is 9.59 Å². The van der Waals surface area contributed by atoms with Gasteiger partial charge < -0.3 is 5.32 Å². The maximum Gasteiger partial charge on any atom is 0.276 e. The molecule has 1 aromatic heterocycles. The SMILES string of the molecule is Cc1ccccc1NC(=O)c1ccc(=O)n(C)n1.